The lowest BCUT2D eigenvalue weighted by atomic mass is 10.0. The average Bonchev–Trinajstić information content (AvgIpc) is 3.46. The maximum Gasteiger partial charge on any atom is 0.223 e. The van der Waals surface area contributed by atoms with Crippen molar-refractivity contribution in [1.29, 1.82) is 0 Å². The van der Waals surface area contributed by atoms with E-state index in [9.17, 15) is 4.79 Å². The van der Waals surface area contributed by atoms with Crippen molar-refractivity contribution in [2.75, 3.05) is 19.8 Å². The molecule has 9 nitrogen and oxygen atoms in total. The molecule has 3 aromatic heterocycles. The molecule has 0 N–H and O–H groups in total. The number of aryl methyl sites for hydroxylation is 2. The second kappa shape index (κ2) is 8.83. The Morgan fingerprint density at radius 1 is 1.33 bits per heavy atom. The van der Waals surface area contributed by atoms with E-state index in [1.54, 1.807) is 6.26 Å². The summed E-state index contributed by atoms with van der Waals surface area (Å²) in [5.74, 6) is 0.902. The molecule has 0 unspecified atom stereocenters. The van der Waals surface area contributed by atoms with E-state index in [1.165, 1.54) is 6.39 Å². The van der Waals surface area contributed by atoms with Gasteiger partial charge < -0.3 is 18.6 Å². The van der Waals surface area contributed by atoms with Crippen molar-refractivity contribution in [2.24, 2.45) is 0 Å². The first kappa shape index (κ1) is 20.3. The number of carbonyl (C=O) groups excluding carboxylic acids is 1. The third kappa shape index (κ3) is 4.02. The van der Waals surface area contributed by atoms with E-state index in [2.05, 4.69) is 10.1 Å². The molecule has 1 aliphatic heterocycles. The van der Waals surface area contributed by atoms with E-state index in [-0.39, 0.29) is 5.91 Å². The zero-order chi connectivity index (χ0) is 21.1. The number of carbonyl (C=O) groups is 1. The molecule has 0 aromatic carbocycles. The Balaban J connectivity index is 1.51. The largest absolute Gasteiger partial charge is 0.451 e. The summed E-state index contributed by atoms with van der Waals surface area (Å²) >= 11 is 0. The summed E-state index contributed by atoms with van der Waals surface area (Å²) in [5.41, 5.74) is 5.52. The van der Waals surface area contributed by atoms with Gasteiger partial charge in [0.1, 0.15) is 23.4 Å². The summed E-state index contributed by atoms with van der Waals surface area (Å²) in [6.45, 7) is 8.91. The van der Waals surface area contributed by atoms with Gasteiger partial charge in [-0.1, -0.05) is 5.16 Å². The van der Waals surface area contributed by atoms with E-state index in [0.29, 0.717) is 51.4 Å². The normalized spacial score (nSPS) is 13.6. The summed E-state index contributed by atoms with van der Waals surface area (Å²) in [5, 5.41) is 8.74. The highest BCUT2D eigenvalue weighted by molar-refractivity contribution is 5.77. The van der Waals surface area contributed by atoms with Gasteiger partial charge in [-0.25, -0.2) is 4.98 Å². The Morgan fingerprint density at radius 3 is 2.90 bits per heavy atom. The van der Waals surface area contributed by atoms with Crippen LogP contribution in [0.25, 0.3) is 11.4 Å². The third-order valence-electron chi connectivity index (χ3n) is 5.58. The van der Waals surface area contributed by atoms with Crippen LogP contribution >= 0.6 is 0 Å². The van der Waals surface area contributed by atoms with Crippen LogP contribution in [0.5, 0.6) is 0 Å². The molecule has 160 valence electrons. The third-order valence-corrected chi connectivity index (χ3v) is 5.58. The highest BCUT2D eigenvalue weighted by Crippen LogP contribution is 2.30. The van der Waals surface area contributed by atoms with E-state index in [0.717, 1.165) is 40.4 Å². The second-order valence-corrected chi connectivity index (χ2v) is 7.44. The van der Waals surface area contributed by atoms with E-state index in [4.69, 9.17) is 18.8 Å². The maximum absolute atomic E-state index is 12.9. The average molecular weight is 413 g/mol. The van der Waals surface area contributed by atoms with Gasteiger partial charge in [0.15, 0.2) is 6.39 Å². The number of aromatic nitrogens is 4. The highest BCUT2D eigenvalue weighted by atomic mass is 16.5. The number of nitrogens with zero attached hydrogens (tertiary/aromatic N) is 5. The molecule has 0 saturated carbocycles. The van der Waals surface area contributed by atoms with E-state index in [1.807, 2.05) is 30.4 Å². The van der Waals surface area contributed by atoms with Crippen molar-refractivity contribution in [1.82, 2.24) is 24.8 Å². The monoisotopic (exact) mass is 413 g/mol. The molecule has 1 aliphatic rings. The van der Waals surface area contributed by atoms with Crippen LogP contribution < -0.4 is 0 Å². The molecular formula is C21H27N5O4. The van der Waals surface area contributed by atoms with Gasteiger partial charge in [0.2, 0.25) is 5.91 Å². The molecule has 0 fully saturated rings. The van der Waals surface area contributed by atoms with Crippen molar-refractivity contribution in [3.63, 3.8) is 0 Å². The smallest absolute Gasteiger partial charge is 0.223 e. The quantitative estimate of drug-likeness (QED) is 0.524. The first-order valence-electron chi connectivity index (χ1n) is 10.3. The van der Waals surface area contributed by atoms with Gasteiger partial charge in [-0.2, -0.15) is 5.10 Å². The number of fused-ring (bicyclic) bond motifs is 1. The minimum atomic E-state index is 0.119. The lowest BCUT2D eigenvalue weighted by molar-refractivity contribution is -0.132. The predicted molar refractivity (Wildman–Crippen MR) is 108 cm³/mol. The Morgan fingerprint density at radius 2 is 2.20 bits per heavy atom. The van der Waals surface area contributed by atoms with Gasteiger partial charge in [0.25, 0.3) is 0 Å². The molecule has 1 amide bonds. The number of ether oxygens (including phenoxy) is 1. The molecule has 0 atom stereocenters. The molecule has 9 heteroatoms. The van der Waals surface area contributed by atoms with Gasteiger partial charge in [-0.05, 0) is 27.2 Å². The van der Waals surface area contributed by atoms with Crippen LogP contribution in [0.1, 0.15) is 41.6 Å². The van der Waals surface area contributed by atoms with Crippen LogP contribution in [-0.2, 0) is 35.5 Å². The molecule has 4 rings (SSSR count). The van der Waals surface area contributed by atoms with Crippen molar-refractivity contribution in [3.8, 4) is 11.4 Å². The number of hydrogen-bond donors (Lipinski definition) is 0. The fourth-order valence-electron chi connectivity index (χ4n) is 3.97. The minimum absolute atomic E-state index is 0.119. The summed E-state index contributed by atoms with van der Waals surface area (Å²) < 4.78 is 17.9. The van der Waals surface area contributed by atoms with Crippen LogP contribution in [0.15, 0.2) is 21.6 Å². The Kier molecular flexibility index (Phi) is 5.98. The molecule has 4 heterocycles. The Labute approximate surface area is 175 Å². The van der Waals surface area contributed by atoms with Crippen LogP contribution in [-0.4, -0.2) is 50.5 Å². The van der Waals surface area contributed by atoms with Crippen molar-refractivity contribution in [3.05, 3.63) is 40.9 Å². The van der Waals surface area contributed by atoms with Gasteiger partial charge >= 0.3 is 0 Å². The topological polar surface area (TPSA) is 99.4 Å². The number of amides is 1. The lowest BCUT2D eigenvalue weighted by Gasteiger charge is -2.28. The van der Waals surface area contributed by atoms with Gasteiger partial charge in [0.05, 0.1) is 18.8 Å². The second-order valence-electron chi connectivity index (χ2n) is 7.44. The van der Waals surface area contributed by atoms with Crippen LogP contribution in [0.2, 0.25) is 0 Å². The SMILES string of the molecule is CCOCCn1nc(-c2cocn2)c2c1CCN(C(=O)CCc1c(C)noc1C)C2. The fourth-order valence-corrected chi connectivity index (χ4v) is 3.97. The Hall–Kier alpha value is -2.94. The molecular weight excluding hydrogens is 386 g/mol. The highest BCUT2D eigenvalue weighted by Gasteiger charge is 2.29. The van der Waals surface area contributed by atoms with Crippen molar-refractivity contribution >= 4 is 5.91 Å². The number of rotatable bonds is 8. The summed E-state index contributed by atoms with van der Waals surface area (Å²) in [6, 6.07) is 0. The molecule has 0 saturated heterocycles. The van der Waals surface area contributed by atoms with Gasteiger partial charge in [-0.3, -0.25) is 9.48 Å². The fraction of sp³-hybridized carbons (Fsp3) is 0.524. The van der Waals surface area contributed by atoms with E-state index < -0.39 is 0 Å². The molecule has 0 radical (unpaired) electrons. The lowest BCUT2D eigenvalue weighted by Crippen LogP contribution is -2.36. The van der Waals surface area contributed by atoms with Gasteiger partial charge in [-0.15, -0.1) is 0 Å². The molecule has 0 aliphatic carbocycles. The maximum atomic E-state index is 12.9. The number of oxazole rings is 1. The summed E-state index contributed by atoms with van der Waals surface area (Å²) in [6.07, 6.45) is 4.80. The van der Waals surface area contributed by atoms with Crippen molar-refractivity contribution in [2.45, 2.75) is 53.1 Å². The zero-order valence-corrected chi connectivity index (χ0v) is 17.7. The van der Waals surface area contributed by atoms with Gasteiger partial charge in [0, 0.05) is 49.4 Å². The number of hydrogen-bond acceptors (Lipinski definition) is 7. The van der Waals surface area contributed by atoms with Crippen LogP contribution in [0.4, 0.5) is 0 Å². The Bertz CT molecular complexity index is 986. The molecule has 0 spiro atoms. The van der Waals surface area contributed by atoms with Crippen LogP contribution in [0.3, 0.4) is 0 Å². The zero-order valence-electron chi connectivity index (χ0n) is 17.7. The van der Waals surface area contributed by atoms with E-state index >= 15 is 0 Å². The molecule has 0 bridgehead atoms. The summed E-state index contributed by atoms with van der Waals surface area (Å²) in [4.78, 5) is 19.1. The van der Waals surface area contributed by atoms with Crippen molar-refractivity contribution < 1.29 is 18.5 Å². The standard InChI is InChI=1S/C21H27N5O4/c1-4-28-10-9-26-19-7-8-25(11-17(19)21(23-26)18-12-29-13-22-18)20(27)6-5-16-14(2)24-30-15(16)3/h12-13H,4-11H2,1-3H3. The minimum Gasteiger partial charge on any atom is -0.451 e. The predicted octanol–water partition coefficient (Wildman–Crippen LogP) is 2.70. The molecule has 3 aromatic rings. The first-order valence-corrected chi connectivity index (χ1v) is 10.3. The molecule has 30 heavy (non-hydrogen) atoms. The van der Waals surface area contributed by atoms with Crippen LogP contribution in [0, 0.1) is 13.8 Å². The first-order chi connectivity index (χ1) is 14.6. The summed E-state index contributed by atoms with van der Waals surface area (Å²) in [7, 11) is 0.